The number of hydrogen-bond donors (Lipinski definition) is 2. The third-order valence-corrected chi connectivity index (χ3v) is 3.47. The Morgan fingerprint density at radius 3 is 3.24 bits per heavy atom. The van der Waals surface area contributed by atoms with Gasteiger partial charge in [0.05, 0.1) is 13.2 Å². The van der Waals surface area contributed by atoms with Crippen molar-refractivity contribution in [1.82, 2.24) is 15.1 Å². The number of amides is 1. The van der Waals surface area contributed by atoms with Gasteiger partial charge >= 0.3 is 7.12 Å². The highest BCUT2D eigenvalue weighted by Crippen LogP contribution is 2.12. The number of rotatable bonds is 4. The molecule has 1 aliphatic rings. The van der Waals surface area contributed by atoms with Gasteiger partial charge in [0.25, 0.3) is 5.91 Å². The summed E-state index contributed by atoms with van der Waals surface area (Å²) in [6, 6.07) is 7.02. The topological polar surface area (TPSA) is 76.4 Å². The molecule has 1 aromatic heterocycles. The van der Waals surface area contributed by atoms with Gasteiger partial charge in [0, 0.05) is 24.0 Å². The van der Waals surface area contributed by atoms with E-state index in [2.05, 4.69) is 10.4 Å². The lowest BCUT2D eigenvalue weighted by Gasteiger charge is -2.14. The van der Waals surface area contributed by atoms with Crippen LogP contribution in [-0.2, 0) is 17.8 Å². The van der Waals surface area contributed by atoms with E-state index in [4.69, 9.17) is 4.65 Å². The van der Waals surface area contributed by atoms with E-state index in [0.717, 1.165) is 11.0 Å². The van der Waals surface area contributed by atoms with Gasteiger partial charge in [0.15, 0.2) is 0 Å². The summed E-state index contributed by atoms with van der Waals surface area (Å²) < 4.78 is 6.90. The van der Waals surface area contributed by atoms with Crippen LogP contribution in [-0.4, -0.2) is 33.9 Å². The number of hydrogen-bond acceptors (Lipinski definition) is 4. The van der Waals surface area contributed by atoms with Crippen LogP contribution in [0.2, 0.25) is 0 Å². The molecule has 0 radical (unpaired) electrons. The Morgan fingerprint density at radius 2 is 2.48 bits per heavy atom. The molecular weight excluding hydrogens is 269 g/mol. The Kier molecular flexibility index (Phi) is 3.77. The molecule has 2 N–H and O–H groups in total. The molecule has 0 saturated carbocycles. The summed E-state index contributed by atoms with van der Waals surface area (Å²) in [6.45, 7) is 2.88. The lowest BCUT2D eigenvalue weighted by molar-refractivity contribution is 0.0936. The molecule has 1 aromatic carbocycles. The average Bonchev–Trinajstić information content (AvgIpc) is 3.09. The number of carbonyl (C=O) groups excluding carboxylic acids is 1. The Hall–Kier alpha value is -2.12. The van der Waals surface area contributed by atoms with Gasteiger partial charge in [0.2, 0.25) is 0 Å². The first kappa shape index (κ1) is 13.8. The molecule has 6 nitrogen and oxygen atoms in total. The highest BCUT2D eigenvalue weighted by molar-refractivity contribution is 6.61. The van der Waals surface area contributed by atoms with Gasteiger partial charge in [-0.15, -0.1) is 0 Å². The normalized spacial score (nSPS) is 14.9. The van der Waals surface area contributed by atoms with E-state index in [9.17, 15) is 9.82 Å². The molecule has 0 aliphatic carbocycles. The van der Waals surface area contributed by atoms with Crippen LogP contribution in [0.3, 0.4) is 0 Å². The second kappa shape index (κ2) is 5.71. The third-order valence-electron chi connectivity index (χ3n) is 3.47. The maximum Gasteiger partial charge on any atom is 0.491 e. The van der Waals surface area contributed by atoms with Crippen LogP contribution in [0.1, 0.15) is 22.8 Å². The maximum atomic E-state index is 12.2. The minimum absolute atomic E-state index is 0.0347. The van der Waals surface area contributed by atoms with E-state index in [1.165, 1.54) is 0 Å². The molecule has 0 spiro atoms. The van der Waals surface area contributed by atoms with Crippen molar-refractivity contribution in [1.29, 1.82) is 0 Å². The van der Waals surface area contributed by atoms with Crippen LogP contribution >= 0.6 is 0 Å². The van der Waals surface area contributed by atoms with Gasteiger partial charge in [0.1, 0.15) is 0 Å². The van der Waals surface area contributed by atoms with Crippen molar-refractivity contribution in [3.8, 4) is 0 Å². The zero-order valence-electron chi connectivity index (χ0n) is 11.7. The van der Waals surface area contributed by atoms with Crippen molar-refractivity contribution in [3.63, 3.8) is 0 Å². The summed E-state index contributed by atoms with van der Waals surface area (Å²) in [5.41, 5.74) is 2.16. The molecule has 0 fully saturated rings. The van der Waals surface area contributed by atoms with E-state index in [1.807, 2.05) is 19.2 Å². The lowest BCUT2D eigenvalue weighted by atomic mass is 9.79. The Morgan fingerprint density at radius 1 is 1.62 bits per heavy atom. The number of fused-ring (bicyclic) bond motifs is 1. The summed E-state index contributed by atoms with van der Waals surface area (Å²) in [5, 5.41) is 16.6. The molecule has 7 heteroatoms. The van der Waals surface area contributed by atoms with E-state index < -0.39 is 7.12 Å². The highest BCUT2D eigenvalue weighted by Gasteiger charge is 2.27. The van der Waals surface area contributed by atoms with Crippen LogP contribution in [0.15, 0.2) is 36.7 Å². The van der Waals surface area contributed by atoms with Gasteiger partial charge in [-0.2, -0.15) is 5.10 Å². The summed E-state index contributed by atoms with van der Waals surface area (Å²) in [5.74, 6) is -0.140. The van der Waals surface area contributed by atoms with E-state index in [1.54, 1.807) is 29.1 Å². The molecule has 2 aromatic rings. The van der Waals surface area contributed by atoms with Crippen LogP contribution in [0, 0.1) is 0 Å². The smallest absolute Gasteiger partial charge is 0.423 e. The lowest BCUT2D eigenvalue weighted by Crippen LogP contribution is -2.36. The van der Waals surface area contributed by atoms with Crippen LogP contribution in [0.5, 0.6) is 0 Å². The molecule has 1 aliphatic heterocycles. The molecule has 3 rings (SSSR count). The zero-order chi connectivity index (χ0) is 14.8. The van der Waals surface area contributed by atoms with Crippen molar-refractivity contribution >= 4 is 18.5 Å². The SMILES string of the molecule is CC(Cn1cccn1)NC(=O)c1ccc2c(c1)COB2O. The largest absolute Gasteiger partial charge is 0.491 e. The highest BCUT2D eigenvalue weighted by atomic mass is 16.5. The van der Waals surface area contributed by atoms with Crippen LogP contribution in [0.25, 0.3) is 0 Å². The van der Waals surface area contributed by atoms with Crippen molar-refractivity contribution < 1.29 is 14.5 Å². The zero-order valence-corrected chi connectivity index (χ0v) is 11.7. The fourth-order valence-corrected chi connectivity index (χ4v) is 2.41. The first-order valence-corrected chi connectivity index (χ1v) is 6.84. The standard InChI is InChI=1S/C14H16BN3O3/c1-10(8-18-6-2-5-16-18)17-14(19)11-3-4-13-12(7-11)9-21-15(13)20/h2-7,10,20H,8-9H2,1H3,(H,17,19). The van der Waals surface area contributed by atoms with E-state index >= 15 is 0 Å². The Labute approximate surface area is 122 Å². The first-order chi connectivity index (χ1) is 10.1. The number of carbonyl (C=O) groups is 1. The van der Waals surface area contributed by atoms with Crippen molar-refractivity contribution in [2.45, 2.75) is 26.1 Å². The molecule has 1 amide bonds. The van der Waals surface area contributed by atoms with Crippen molar-refractivity contribution in [2.24, 2.45) is 0 Å². The summed E-state index contributed by atoms with van der Waals surface area (Å²) >= 11 is 0. The molecule has 1 unspecified atom stereocenters. The Balaban J connectivity index is 1.65. The fraction of sp³-hybridized carbons (Fsp3) is 0.286. The van der Waals surface area contributed by atoms with E-state index in [-0.39, 0.29) is 11.9 Å². The minimum atomic E-state index is -0.879. The van der Waals surface area contributed by atoms with Gasteiger partial charge < -0.3 is 15.0 Å². The van der Waals surface area contributed by atoms with Gasteiger partial charge in [-0.3, -0.25) is 9.48 Å². The molecule has 2 heterocycles. The molecule has 1 atom stereocenters. The average molecular weight is 285 g/mol. The first-order valence-electron chi connectivity index (χ1n) is 6.84. The summed E-state index contributed by atoms with van der Waals surface area (Å²) in [6.07, 6.45) is 3.57. The predicted molar refractivity (Wildman–Crippen MR) is 78.0 cm³/mol. The number of nitrogens with zero attached hydrogens (tertiary/aromatic N) is 2. The molecule has 21 heavy (non-hydrogen) atoms. The molecule has 0 bridgehead atoms. The second-order valence-electron chi connectivity index (χ2n) is 5.18. The third kappa shape index (κ3) is 2.98. The molecular formula is C14H16BN3O3. The van der Waals surface area contributed by atoms with Gasteiger partial charge in [-0.25, -0.2) is 0 Å². The van der Waals surface area contributed by atoms with Crippen molar-refractivity contribution in [2.75, 3.05) is 0 Å². The second-order valence-corrected chi connectivity index (χ2v) is 5.18. The predicted octanol–water partition coefficient (Wildman–Crippen LogP) is -0.0807. The summed E-state index contributed by atoms with van der Waals surface area (Å²) in [4.78, 5) is 12.2. The number of nitrogens with one attached hydrogen (secondary N) is 1. The number of benzene rings is 1. The minimum Gasteiger partial charge on any atom is -0.423 e. The van der Waals surface area contributed by atoms with Crippen LogP contribution < -0.4 is 10.8 Å². The summed E-state index contributed by atoms with van der Waals surface area (Å²) in [7, 11) is -0.879. The van der Waals surface area contributed by atoms with E-state index in [0.29, 0.717) is 18.7 Å². The number of aromatic nitrogens is 2. The fourth-order valence-electron chi connectivity index (χ4n) is 2.41. The van der Waals surface area contributed by atoms with Crippen LogP contribution in [0.4, 0.5) is 0 Å². The molecule has 108 valence electrons. The Bertz CT molecular complexity index is 645. The van der Waals surface area contributed by atoms with Gasteiger partial charge in [-0.1, -0.05) is 6.07 Å². The maximum absolute atomic E-state index is 12.2. The van der Waals surface area contributed by atoms with Gasteiger partial charge in [-0.05, 0) is 36.1 Å². The molecule has 0 saturated heterocycles. The quantitative estimate of drug-likeness (QED) is 0.770. The van der Waals surface area contributed by atoms with Crippen molar-refractivity contribution in [3.05, 3.63) is 47.8 Å². The monoisotopic (exact) mass is 285 g/mol.